The van der Waals surface area contributed by atoms with E-state index >= 15 is 0 Å². The smallest absolute Gasteiger partial charge is 0.000966 e. The molecule has 1 saturated heterocycles. The number of piperidine rings is 1. The van der Waals surface area contributed by atoms with Crippen LogP contribution in [0, 0.1) is 5.92 Å². The van der Waals surface area contributed by atoms with Gasteiger partial charge in [-0.2, -0.15) is 0 Å². The average Bonchev–Trinajstić information content (AvgIpc) is 2.97. The Morgan fingerprint density at radius 3 is 2.52 bits per heavy atom. The highest BCUT2D eigenvalue weighted by molar-refractivity contribution is 5.71. The van der Waals surface area contributed by atoms with E-state index in [0.29, 0.717) is 0 Å². The minimum Gasteiger partial charge on any atom is -0.303 e. The minimum atomic E-state index is 0.789. The maximum Gasteiger partial charge on any atom is 0.000966 e. The van der Waals surface area contributed by atoms with Gasteiger partial charge in [0.25, 0.3) is 0 Å². The van der Waals surface area contributed by atoms with Gasteiger partial charge in [-0.25, -0.2) is 0 Å². The first kappa shape index (κ1) is 15.4. The number of likely N-dealkylation sites (tertiary alicyclic amines) is 1. The summed E-state index contributed by atoms with van der Waals surface area (Å²) in [5.74, 6) is 1.78. The van der Waals surface area contributed by atoms with E-state index in [1.54, 1.807) is 11.1 Å². The molecule has 0 atom stereocenters. The van der Waals surface area contributed by atoms with Crippen molar-refractivity contribution < 1.29 is 0 Å². The van der Waals surface area contributed by atoms with Crippen LogP contribution in [0.2, 0.25) is 0 Å². The molecule has 1 saturated carbocycles. The number of benzene rings is 1. The third-order valence-corrected chi connectivity index (χ3v) is 6.51. The molecule has 0 aromatic heterocycles. The van der Waals surface area contributed by atoms with E-state index < -0.39 is 0 Å². The first-order chi connectivity index (χ1) is 11.3. The minimum absolute atomic E-state index is 0.789. The molecule has 1 heterocycles. The van der Waals surface area contributed by atoms with Crippen molar-refractivity contribution in [3.8, 4) is 0 Å². The predicted molar refractivity (Wildman–Crippen MR) is 98.8 cm³/mol. The summed E-state index contributed by atoms with van der Waals surface area (Å²) in [5.41, 5.74) is 5.92. The van der Waals surface area contributed by atoms with E-state index in [1.807, 2.05) is 0 Å². The molecular weight excluding hydrogens is 278 g/mol. The van der Waals surface area contributed by atoms with Crippen LogP contribution < -0.4 is 0 Å². The van der Waals surface area contributed by atoms with Crippen LogP contribution in [0.5, 0.6) is 0 Å². The second kappa shape index (κ2) is 6.81. The molecule has 3 aliphatic rings. The highest BCUT2D eigenvalue weighted by Crippen LogP contribution is 2.36. The lowest BCUT2D eigenvalue weighted by atomic mass is 9.85. The Hall–Kier alpha value is -1.08. The Kier molecular flexibility index (Phi) is 4.57. The van der Waals surface area contributed by atoms with Gasteiger partial charge in [-0.3, -0.25) is 0 Å². The Morgan fingerprint density at radius 1 is 0.957 bits per heavy atom. The Morgan fingerprint density at radius 2 is 1.74 bits per heavy atom. The summed E-state index contributed by atoms with van der Waals surface area (Å²) in [6, 6.07) is 7.22. The summed E-state index contributed by atoms with van der Waals surface area (Å²) >= 11 is 0. The zero-order valence-electron chi connectivity index (χ0n) is 14.5. The maximum atomic E-state index is 4.20. The standard InChI is InChI=1S/C22H31N/c1-17-7-8-21-15-20(9-10-22(17)21)19-11-13-23(14-12-19)16-18-5-3-2-4-6-18/h9-10,15,18-19H,1-8,11-14,16H2. The van der Waals surface area contributed by atoms with E-state index in [4.69, 9.17) is 0 Å². The molecule has 1 aliphatic heterocycles. The topological polar surface area (TPSA) is 3.24 Å². The Labute approximate surface area is 141 Å². The van der Waals surface area contributed by atoms with Gasteiger partial charge in [0.1, 0.15) is 0 Å². The van der Waals surface area contributed by atoms with Crippen LogP contribution in [0.15, 0.2) is 24.8 Å². The molecule has 124 valence electrons. The molecule has 1 nitrogen and oxygen atoms in total. The van der Waals surface area contributed by atoms with Gasteiger partial charge in [0.15, 0.2) is 0 Å². The van der Waals surface area contributed by atoms with E-state index in [0.717, 1.165) is 11.8 Å². The van der Waals surface area contributed by atoms with E-state index in [-0.39, 0.29) is 0 Å². The van der Waals surface area contributed by atoms with Gasteiger partial charge in [0.2, 0.25) is 0 Å². The fourth-order valence-corrected chi connectivity index (χ4v) is 5.02. The van der Waals surface area contributed by atoms with Crippen LogP contribution in [0.4, 0.5) is 0 Å². The first-order valence-electron chi connectivity index (χ1n) is 9.83. The second-order valence-electron chi connectivity index (χ2n) is 8.10. The largest absolute Gasteiger partial charge is 0.303 e. The number of fused-ring (bicyclic) bond motifs is 1. The van der Waals surface area contributed by atoms with Gasteiger partial charge in [-0.1, -0.05) is 44.0 Å². The number of hydrogen-bond acceptors (Lipinski definition) is 1. The zero-order valence-corrected chi connectivity index (χ0v) is 14.5. The summed E-state index contributed by atoms with van der Waals surface area (Å²) in [6.45, 7) is 8.19. The SMILES string of the molecule is C=C1CCc2cc(C3CCN(CC4CCCCC4)CC3)ccc21. The zero-order chi connectivity index (χ0) is 15.6. The third kappa shape index (κ3) is 3.40. The van der Waals surface area contributed by atoms with E-state index in [2.05, 4.69) is 29.7 Å². The highest BCUT2D eigenvalue weighted by Gasteiger charge is 2.24. The lowest BCUT2D eigenvalue weighted by molar-refractivity contribution is 0.164. The summed E-state index contributed by atoms with van der Waals surface area (Å²) < 4.78 is 0. The van der Waals surface area contributed by atoms with Crippen molar-refractivity contribution in [3.05, 3.63) is 41.5 Å². The van der Waals surface area contributed by atoms with Gasteiger partial charge >= 0.3 is 0 Å². The van der Waals surface area contributed by atoms with E-state index in [1.165, 1.54) is 88.6 Å². The molecule has 0 radical (unpaired) electrons. The average molecular weight is 309 g/mol. The lowest BCUT2D eigenvalue weighted by Crippen LogP contribution is -2.37. The molecule has 0 amide bonds. The van der Waals surface area contributed by atoms with Gasteiger partial charge < -0.3 is 4.90 Å². The Bertz CT molecular complexity index is 559. The van der Waals surface area contributed by atoms with Crippen LogP contribution in [-0.4, -0.2) is 24.5 Å². The molecule has 23 heavy (non-hydrogen) atoms. The normalized spacial score (nSPS) is 24.1. The summed E-state index contributed by atoms with van der Waals surface area (Å²) in [5, 5.41) is 0. The molecule has 4 rings (SSSR count). The van der Waals surface area contributed by atoms with Crippen molar-refractivity contribution in [3.63, 3.8) is 0 Å². The quantitative estimate of drug-likeness (QED) is 0.722. The van der Waals surface area contributed by atoms with Gasteiger partial charge in [0.05, 0.1) is 0 Å². The van der Waals surface area contributed by atoms with Gasteiger partial charge in [0, 0.05) is 6.54 Å². The third-order valence-electron chi connectivity index (χ3n) is 6.51. The van der Waals surface area contributed by atoms with Crippen molar-refractivity contribution in [1.29, 1.82) is 0 Å². The molecule has 0 N–H and O–H groups in total. The summed E-state index contributed by atoms with van der Waals surface area (Å²) in [7, 11) is 0. The fourth-order valence-electron chi connectivity index (χ4n) is 5.02. The molecule has 0 spiro atoms. The highest BCUT2D eigenvalue weighted by atomic mass is 15.1. The van der Waals surface area contributed by atoms with Gasteiger partial charge in [-0.15, -0.1) is 0 Å². The summed E-state index contributed by atoms with van der Waals surface area (Å²) in [4.78, 5) is 2.75. The van der Waals surface area contributed by atoms with Crippen LogP contribution in [0.1, 0.15) is 74.0 Å². The van der Waals surface area contributed by atoms with Gasteiger partial charge in [-0.05, 0) is 85.7 Å². The fraction of sp³-hybridized carbons (Fsp3) is 0.636. The van der Waals surface area contributed by atoms with Crippen molar-refractivity contribution in [1.82, 2.24) is 4.90 Å². The van der Waals surface area contributed by atoms with Crippen LogP contribution >= 0.6 is 0 Å². The molecule has 1 aromatic carbocycles. The molecule has 0 bridgehead atoms. The molecule has 2 aliphatic carbocycles. The monoisotopic (exact) mass is 309 g/mol. The maximum absolute atomic E-state index is 4.20. The molecular formula is C22H31N. The predicted octanol–water partition coefficient (Wildman–Crippen LogP) is 5.41. The van der Waals surface area contributed by atoms with Crippen LogP contribution in [-0.2, 0) is 6.42 Å². The summed E-state index contributed by atoms with van der Waals surface area (Å²) in [6.07, 6.45) is 12.5. The Balaban J connectivity index is 1.33. The van der Waals surface area contributed by atoms with Crippen molar-refractivity contribution >= 4 is 5.57 Å². The first-order valence-corrected chi connectivity index (χ1v) is 9.83. The van der Waals surface area contributed by atoms with Crippen LogP contribution in [0.25, 0.3) is 5.57 Å². The second-order valence-corrected chi connectivity index (χ2v) is 8.10. The lowest BCUT2D eigenvalue weighted by Gasteiger charge is -2.35. The van der Waals surface area contributed by atoms with Crippen molar-refractivity contribution in [2.75, 3.05) is 19.6 Å². The molecule has 0 unspecified atom stereocenters. The van der Waals surface area contributed by atoms with Crippen molar-refractivity contribution in [2.45, 2.75) is 63.7 Å². The van der Waals surface area contributed by atoms with E-state index in [9.17, 15) is 0 Å². The van der Waals surface area contributed by atoms with Crippen LogP contribution in [0.3, 0.4) is 0 Å². The number of hydrogen-bond donors (Lipinski definition) is 0. The molecule has 2 fully saturated rings. The number of allylic oxidation sites excluding steroid dienone is 1. The molecule has 1 aromatic rings. The van der Waals surface area contributed by atoms with Crippen molar-refractivity contribution in [2.24, 2.45) is 5.92 Å². The number of rotatable bonds is 3. The number of aryl methyl sites for hydroxylation is 1. The molecule has 1 heteroatoms. The number of nitrogens with zero attached hydrogens (tertiary/aromatic N) is 1.